The molecule has 0 saturated carbocycles. The molecule has 0 aliphatic heterocycles. The Morgan fingerprint density at radius 2 is 2.06 bits per heavy atom. The molecule has 6 heteroatoms. The number of anilines is 1. The van der Waals surface area contributed by atoms with Crippen molar-refractivity contribution in [3.05, 3.63) is 26.9 Å². The number of nitro groups is 1. The van der Waals surface area contributed by atoms with Crippen LogP contribution in [0.1, 0.15) is 30.7 Å². The molecule has 0 aliphatic rings. The Morgan fingerprint density at radius 3 is 2.47 bits per heavy atom. The van der Waals surface area contributed by atoms with Gasteiger partial charge in [0, 0.05) is 6.04 Å². The number of aryl methyl sites for hydroxylation is 1. The molecule has 0 radical (unpaired) electrons. The lowest BCUT2D eigenvalue weighted by Gasteiger charge is -2.13. The Morgan fingerprint density at radius 1 is 1.47 bits per heavy atom. The second-order valence-electron chi connectivity index (χ2n) is 4.06. The van der Waals surface area contributed by atoms with Gasteiger partial charge < -0.3 is 5.32 Å². The molecule has 17 heavy (non-hydrogen) atoms. The van der Waals surface area contributed by atoms with Crippen LogP contribution >= 0.6 is 0 Å². The largest absolute Gasteiger partial charge is 0.367 e. The Bertz CT molecular complexity index is 503. The molecule has 0 fully saturated rings. The molecule has 1 aromatic heterocycles. The normalized spacial score (nSPS) is 10.1. The maximum absolute atomic E-state index is 10.9. The van der Waals surface area contributed by atoms with Gasteiger partial charge in [-0.05, 0) is 27.7 Å². The average molecular weight is 234 g/mol. The second kappa shape index (κ2) is 4.78. The predicted molar refractivity (Wildman–Crippen MR) is 63.8 cm³/mol. The van der Waals surface area contributed by atoms with E-state index in [9.17, 15) is 10.1 Å². The molecule has 0 saturated heterocycles. The van der Waals surface area contributed by atoms with Crippen LogP contribution in [-0.2, 0) is 0 Å². The molecule has 1 N–H and O–H groups in total. The molecule has 0 amide bonds. The Balaban J connectivity index is 3.48. The molecule has 6 nitrogen and oxygen atoms in total. The minimum Gasteiger partial charge on any atom is -0.367 e. The number of nitrogens with zero attached hydrogens (tertiary/aromatic N) is 3. The summed E-state index contributed by atoms with van der Waals surface area (Å²) in [4.78, 5) is 14.5. The van der Waals surface area contributed by atoms with Crippen LogP contribution in [0.2, 0.25) is 0 Å². The average Bonchev–Trinajstić information content (AvgIpc) is 2.15. The molecule has 0 atom stereocenters. The molecule has 90 valence electrons. The fourth-order valence-corrected chi connectivity index (χ4v) is 1.63. The Labute approximate surface area is 99.4 Å². The topological polar surface area (TPSA) is 91.8 Å². The highest BCUT2D eigenvalue weighted by atomic mass is 16.6. The number of hydrogen-bond acceptors (Lipinski definition) is 5. The van der Waals surface area contributed by atoms with Crippen LogP contribution in [0.15, 0.2) is 0 Å². The molecule has 1 heterocycles. The van der Waals surface area contributed by atoms with E-state index in [4.69, 9.17) is 5.26 Å². The summed E-state index contributed by atoms with van der Waals surface area (Å²) in [5.74, 6) is 0.406. The molecule has 0 bridgehead atoms. The summed E-state index contributed by atoms with van der Waals surface area (Å²) in [5.41, 5.74) is 0.814. The van der Waals surface area contributed by atoms with Crippen LogP contribution in [0, 0.1) is 35.3 Å². The van der Waals surface area contributed by atoms with E-state index in [2.05, 4.69) is 10.3 Å². The monoisotopic (exact) mass is 234 g/mol. The van der Waals surface area contributed by atoms with Crippen LogP contribution < -0.4 is 5.32 Å². The third-order valence-electron chi connectivity index (χ3n) is 2.31. The van der Waals surface area contributed by atoms with E-state index < -0.39 is 4.92 Å². The van der Waals surface area contributed by atoms with Crippen LogP contribution in [0.5, 0.6) is 0 Å². The summed E-state index contributed by atoms with van der Waals surface area (Å²) in [6.45, 7) is 6.96. The smallest absolute Gasteiger partial charge is 0.294 e. The van der Waals surface area contributed by atoms with E-state index in [1.54, 1.807) is 13.8 Å². The van der Waals surface area contributed by atoms with Crippen molar-refractivity contribution < 1.29 is 4.92 Å². The zero-order valence-corrected chi connectivity index (χ0v) is 10.2. The summed E-state index contributed by atoms with van der Waals surface area (Å²) in [7, 11) is 0. The van der Waals surface area contributed by atoms with Crippen LogP contribution in [0.25, 0.3) is 0 Å². The maximum atomic E-state index is 10.9. The SMILES string of the molecule is Cc1nc(NC(C)C)c(C#N)c(C)c1[N+](=O)[O-]. The summed E-state index contributed by atoms with van der Waals surface area (Å²) in [6.07, 6.45) is 0. The van der Waals surface area contributed by atoms with Crippen molar-refractivity contribution in [2.75, 3.05) is 5.32 Å². The lowest BCUT2D eigenvalue weighted by atomic mass is 10.1. The predicted octanol–water partition coefficient (Wildman–Crippen LogP) is 2.30. The Kier molecular flexibility index (Phi) is 3.63. The van der Waals surface area contributed by atoms with Gasteiger partial charge in [-0.15, -0.1) is 0 Å². The highest BCUT2D eigenvalue weighted by molar-refractivity contribution is 5.63. The lowest BCUT2D eigenvalue weighted by molar-refractivity contribution is -0.386. The number of nitriles is 1. The minimum absolute atomic E-state index is 0.0872. The van der Waals surface area contributed by atoms with Crippen LogP contribution in [0.3, 0.4) is 0 Å². The van der Waals surface area contributed by atoms with E-state index in [0.717, 1.165) is 0 Å². The molecule has 1 rings (SSSR count). The first kappa shape index (κ1) is 12.9. The third-order valence-corrected chi connectivity index (χ3v) is 2.31. The fourth-order valence-electron chi connectivity index (χ4n) is 1.63. The quantitative estimate of drug-likeness (QED) is 0.639. The van der Waals surface area contributed by atoms with E-state index in [1.807, 2.05) is 19.9 Å². The maximum Gasteiger partial charge on any atom is 0.294 e. The van der Waals surface area contributed by atoms with Gasteiger partial charge in [0.05, 0.1) is 10.5 Å². The van der Waals surface area contributed by atoms with Crippen molar-refractivity contribution in [1.29, 1.82) is 5.26 Å². The van der Waals surface area contributed by atoms with Gasteiger partial charge in [-0.2, -0.15) is 5.26 Å². The van der Waals surface area contributed by atoms with Crippen LogP contribution in [0.4, 0.5) is 11.5 Å². The van der Waals surface area contributed by atoms with Gasteiger partial charge in [-0.1, -0.05) is 0 Å². The van der Waals surface area contributed by atoms with E-state index in [-0.39, 0.29) is 17.3 Å². The number of rotatable bonds is 3. The van der Waals surface area contributed by atoms with Gasteiger partial charge in [0.25, 0.3) is 5.69 Å². The van der Waals surface area contributed by atoms with Crippen molar-refractivity contribution in [2.45, 2.75) is 33.7 Å². The molecular weight excluding hydrogens is 220 g/mol. The highest BCUT2D eigenvalue weighted by Gasteiger charge is 2.22. The molecule has 0 aliphatic carbocycles. The number of hydrogen-bond donors (Lipinski definition) is 1. The second-order valence-corrected chi connectivity index (χ2v) is 4.06. The zero-order chi connectivity index (χ0) is 13.2. The first-order chi connectivity index (χ1) is 7.88. The fraction of sp³-hybridized carbons (Fsp3) is 0.455. The summed E-state index contributed by atoms with van der Waals surface area (Å²) >= 11 is 0. The van der Waals surface area contributed by atoms with Gasteiger partial charge in [0.15, 0.2) is 0 Å². The van der Waals surface area contributed by atoms with E-state index in [1.165, 1.54) is 0 Å². The number of nitrogens with one attached hydrogen (secondary N) is 1. The minimum atomic E-state index is -0.502. The molecule has 1 aromatic rings. The van der Waals surface area contributed by atoms with Gasteiger partial charge in [-0.3, -0.25) is 10.1 Å². The van der Waals surface area contributed by atoms with Crippen molar-refractivity contribution in [3.8, 4) is 6.07 Å². The van der Waals surface area contributed by atoms with Crippen LogP contribution in [-0.4, -0.2) is 15.9 Å². The lowest BCUT2D eigenvalue weighted by Crippen LogP contribution is -2.14. The molecular formula is C11H14N4O2. The summed E-state index contributed by atoms with van der Waals surface area (Å²) in [5, 5.41) is 23.0. The first-order valence-corrected chi connectivity index (χ1v) is 5.20. The number of pyridine rings is 1. The van der Waals surface area contributed by atoms with Crippen molar-refractivity contribution in [2.24, 2.45) is 0 Å². The van der Waals surface area contributed by atoms with Gasteiger partial charge in [-0.25, -0.2) is 4.98 Å². The standard InChI is InChI=1S/C11H14N4O2/c1-6(2)13-11-9(5-12)7(3)10(15(16)17)8(4)14-11/h6H,1-4H3,(H,13,14). The summed E-state index contributed by atoms with van der Waals surface area (Å²) < 4.78 is 0. The van der Waals surface area contributed by atoms with E-state index in [0.29, 0.717) is 17.1 Å². The van der Waals surface area contributed by atoms with E-state index >= 15 is 0 Å². The summed E-state index contributed by atoms with van der Waals surface area (Å²) in [6, 6.07) is 2.07. The van der Waals surface area contributed by atoms with Gasteiger partial charge in [0.1, 0.15) is 23.1 Å². The highest BCUT2D eigenvalue weighted by Crippen LogP contribution is 2.28. The van der Waals surface area contributed by atoms with Crippen molar-refractivity contribution >= 4 is 11.5 Å². The molecule has 0 aromatic carbocycles. The third kappa shape index (κ3) is 2.50. The number of aromatic nitrogens is 1. The van der Waals surface area contributed by atoms with Crippen molar-refractivity contribution in [3.63, 3.8) is 0 Å². The molecule has 0 unspecified atom stereocenters. The van der Waals surface area contributed by atoms with Gasteiger partial charge in [0.2, 0.25) is 0 Å². The first-order valence-electron chi connectivity index (χ1n) is 5.20. The molecule has 0 spiro atoms. The van der Waals surface area contributed by atoms with Crippen molar-refractivity contribution in [1.82, 2.24) is 4.98 Å². The Hall–Kier alpha value is -2.16. The van der Waals surface area contributed by atoms with Gasteiger partial charge >= 0.3 is 0 Å². The zero-order valence-electron chi connectivity index (χ0n) is 10.2.